The zero-order chi connectivity index (χ0) is 30.6. The van der Waals surface area contributed by atoms with Gasteiger partial charge in [-0.25, -0.2) is 14.2 Å². The molecule has 3 N–H and O–H groups in total. The first kappa shape index (κ1) is 33.7. The fourth-order valence-corrected chi connectivity index (χ4v) is 3.98. The molecule has 11 nitrogen and oxygen atoms in total. The third-order valence-corrected chi connectivity index (χ3v) is 6.20. The van der Waals surface area contributed by atoms with E-state index in [0.717, 1.165) is 12.8 Å². The van der Waals surface area contributed by atoms with E-state index in [-0.39, 0.29) is 31.4 Å². The third-order valence-electron chi connectivity index (χ3n) is 6.20. The summed E-state index contributed by atoms with van der Waals surface area (Å²) in [6, 6.07) is 4.69. The quantitative estimate of drug-likeness (QED) is 0.263. The molecule has 0 bridgehead atoms. The number of ether oxygens (including phenoxy) is 3. The molecule has 0 saturated carbocycles. The zero-order valence-electron chi connectivity index (χ0n) is 24.8. The first-order valence-corrected chi connectivity index (χ1v) is 13.9. The third kappa shape index (κ3) is 10.8. The van der Waals surface area contributed by atoms with Crippen molar-refractivity contribution >= 4 is 12.0 Å². The highest BCUT2D eigenvalue weighted by Gasteiger charge is 2.32. The summed E-state index contributed by atoms with van der Waals surface area (Å²) < 4.78 is 30.1. The van der Waals surface area contributed by atoms with Gasteiger partial charge in [0.25, 0.3) is 11.5 Å². The summed E-state index contributed by atoms with van der Waals surface area (Å²) in [5.41, 5.74) is -1.60. The summed E-state index contributed by atoms with van der Waals surface area (Å²) >= 11 is 0. The molecule has 1 aromatic heterocycles. The number of carbonyl (C=O) groups is 2. The fourth-order valence-electron chi connectivity index (χ4n) is 3.98. The molecule has 41 heavy (non-hydrogen) atoms. The molecule has 1 heterocycles. The van der Waals surface area contributed by atoms with Crippen molar-refractivity contribution in [3.8, 4) is 5.75 Å². The average Bonchev–Trinajstić information content (AvgIpc) is 2.91. The fraction of sp³-hybridized carbons (Fsp3) is 0.586. The Morgan fingerprint density at radius 2 is 1.85 bits per heavy atom. The van der Waals surface area contributed by atoms with E-state index in [1.165, 1.54) is 29.2 Å². The normalized spacial score (nSPS) is 13.0. The van der Waals surface area contributed by atoms with Crippen molar-refractivity contribution in [3.05, 3.63) is 57.5 Å². The van der Waals surface area contributed by atoms with Crippen LogP contribution in [0, 0.1) is 5.82 Å². The molecule has 0 aliphatic carbocycles. The molecular weight excluding hydrogens is 535 g/mol. The monoisotopic (exact) mass is 578 g/mol. The summed E-state index contributed by atoms with van der Waals surface area (Å²) in [4.78, 5) is 47.1. The number of amides is 2. The van der Waals surface area contributed by atoms with E-state index in [1.54, 1.807) is 34.8 Å². The van der Waals surface area contributed by atoms with Crippen LogP contribution < -0.4 is 10.9 Å². The predicted octanol–water partition coefficient (Wildman–Crippen LogP) is 4.45. The van der Waals surface area contributed by atoms with Crippen molar-refractivity contribution in [3.63, 3.8) is 0 Å². The molecule has 0 aliphatic heterocycles. The van der Waals surface area contributed by atoms with Gasteiger partial charge < -0.3 is 29.6 Å². The Kier molecular flexibility index (Phi) is 13.2. The van der Waals surface area contributed by atoms with Crippen LogP contribution >= 0.6 is 0 Å². The average molecular weight is 579 g/mol. The standard InChI is InChI=1S/C29H43FN4O7/c1-7-9-16-40-18-21(39-6)14-15-22(34(8-2)28(38)41-29(3,4)5)25-32-23(24(35)27(37)33-25)26(36)31-17-19-10-12-20(30)13-11-19/h10-13,21-22,35H,7-9,14-18H2,1-6H3,(H,31,36)(H,32,33,37)/t21-,22?/m0/s1. The summed E-state index contributed by atoms with van der Waals surface area (Å²) in [6.07, 6.45) is 1.72. The lowest BCUT2D eigenvalue weighted by atomic mass is 10.1. The van der Waals surface area contributed by atoms with Crippen LogP contribution in [0.5, 0.6) is 5.75 Å². The molecule has 228 valence electrons. The van der Waals surface area contributed by atoms with Gasteiger partial charge in [0.15, 0.2) is 5.69 Å². The van der Waals surface area contributed by atoms with Crippen LogP contribution in [0.1, 0.15) is 88.2 Å². The smallest absolute Gasteiger partial charge is 0.410 e. The molecule has 0 fully saturated rings. The molecular formula is C29H43FN4O7. The number of carbonyl (C=O) groups excluding carboxylic acids is 2. The Morgan fingerprint density at radius 3 is 2.44 bits per heavy atom. The summed E-state index contributed by atoms with van der Waals surface area (Å²) in [5.74, 6) is -2.08. The SMILES string of the molecule is CCCCOC[C@H](CCC(c1nc(C(=O)NCc2ccc(F)cc2)c(O)c(=O)[nH]1)N(CC)C(=O)OC(C)(C)C)OC. The van der Waals surface area contributed by atoms with Crippen molar-refractivity contribution in [1.29, 1.82) is 0 Å². The number of hydrogen-bond donors (Lipinski definition) is 3. The van der Waals surface area contributed by atoms with Crippen molar-refractivity contribution in [1.82, 2.24) is 20.2 Å². The largest absolute Gasteiger partial charge is 0.501 e. The second kappa shape index (κ2) is 16.1. The van der Waals surface area contributed by atoms with Gasteiger partial charge in [0.1, 0.15) is 17.2 Å². The molecule has 1 unspecified atom stereocenters. The van der Waals surface area contributed by atoms with Crippen molar-refractivity contribution < 1.29 is 33.3 Å². The minimum atomic E-state index is -0.932. The molecule has 1 aromatic carbocycles. The van der Waals surface area contributed by atoms with Gasteiger partial charge in [-0.15, -0.1) is 0 Å². The molecule has 2 atom stereocenters. The van der Waals surface area contributed by atoms with Crippen LogP contribution in [0.25, 0.3) is 0 Å². The van der Waals surface area contributed by atoms with Crippen molar-refractivity contribution in [2.24, 2.45) is 0 Å². The number of hydrogen-bond acceptors (Lipinski definition) is 8. The maximum Gasteiger partial charge on any atom is 0.410 e. The van der Waals surface area contributed by atoms with E-state index in [0.29, 0.717) is 25.2 Å². The van der Waals surface area contributed by atoms with E-state index in [4.69, 9.17) is 14.2 Å². The number of unbranched alkanes of at least 4 members (excludes halogenated alkanes) is 1. The number of nitrogens with zero attached hydrogens (tertiary/aromatic N) is 2. The maximum atomic E-state index is 13.2. The van der Waals surface area contributed by atoms with Crippen LogP contribution in [-0.4, -0.2) is 70.5 Å². The molecule has 2 rings (SSSR count). The minimum Gasteiger partial charge on any atom is -0.501 e. The zero-order valence-corrected chi connectivity index (χ0v) is 24.8. The number of aromatic nitrogens is 2. The molecule has 0 spiro atoms. The summed E-state index contributed by atoms with van der Waals surface area (Å²) in [6.45, 7) is 10.2. The Balaban J connectivity index is 2.38. The number of rotatable bonds is 15. The number of halogens is 1. The highest BCUT2D eigenvalue weighted by molar-refractivity contribution is 5.94. The van der Waals surface area contributed by atoms with Crippen LogP contribution in [-0.2, 0) is 20.8 Å². The Morgan fingerprint density at radius 1 is 1.17 bits per heavy atom. The molecule has 0 saturated heterocycles. The summed E-state index contributed by atoms with van der Waals surface area (Å²) in [7, 11) is 1.57. The summed E-state index contributed by atoms with van der Waals surface area (Å²) in [5, 5.41) is 13.0. The van der Waals surface area contributed by atoms with Gasteiger partial charge in [-0.2, -0.15) is 0 Å². The number of aromatic amines is 1. The van der Waals surface area contributed by atoms with Gasteiger partial charge in [0, 0.05) is 26.8 Å². The Labute approximate surface area is 240 Å². The molecule has 12 heteroatoms. The lowest BCUT2D eigenvalue weighted by Gasteiger charge is -2.33. The number of benzene rings is 1. The van der Waals surface area contributed by atoms with Gasteiger partial charge in [-0.1, -0.05) is 25.5 Å². The van der Waals surface area contributed by atoms with Crippen LogP contribution in [0.3, 0.4) is 0 Å². The van der Waals surface area contributed by atoms with Crippen LogP contribution in [0.15, 0.2) is 29.1 Å². The topological polar surface area (TPSA) is 143 Å². The lowest BCUT2D eigenvalue weighted by molar-refractivity contribution is -0.00644. The van der Waals surface area contributed by atoms with Gasteiger partial charge in [0.05, 0.1) is 18.8 Å². The van der Waals surface area contributed by atoms with E-state index in [2.05, 4.69) is 22.2 Å². The minimum absolute atomic E-state index is 0.00851. The maximum absolute atomic E-state index is 13.2. The van der Waals surface area contributed by atoms with Gasteiger partial charge in [-0.05, 0) is 64.7 Å². The first-order valence-electron chi connectivity index (χ1n) is 13.9. The van der Waals surface area contributed by atoms with Gasteiger partial charge in [-0.3, -0.25) is 14.5 Å². The van der Waals surface area contributed by atoms with E-state index < -0.39 is 46.5 Å². The predicted molar refractivity (Wildman–Crippen MR) is 151 cm³/mol. The van der Waals surface area contributed by atoms with Crippen molar-refractivity contribution in [2.45, 2.75) is 84.6 Å². The van der Waals surface area contributed by atoms with Gasteiger partial charge >= 0.3 is 6.09 Å². The first-order chi connectivity index (χ1) is 19.4. The highest BCUT2D eigenvalue weighted by Crippen LogP contribution is 2.27. The van der Waals surface area contributed by atoms with Gasteiger partial charge in [0.2, 0.25) is 5.75 Å². The van der Waals surface area contributed by atoms with Crippen molar-refractivity contribution in [2.75, 3.05) is 26.9 Å². The number of H-pyrrole nitrogens is 1. The number of methoxy groups -OCH3 is 1. The van der Waals surface area contributed by atoms with E-state index >= 15 is 0 Å². The van der Waals surface area contributed by atoms with Crippen LogP contribution in [0.2, 0.25) is 0 Å². The highest BCUT2D eigenvalue weighted by atomic mass is 19.1. The number of nitrogens with one attached hydrogen (secondary N) is 2. The van der Waals surface area contributed by atoms with E-state index in [9.17, 15) is 23.9 Å². The second-order valence-electron chi connectivity index (χ2n) is 10.6. The molecule has 0 radical (unpaired) electrons. The molecule has 0 aliphatic rings. The molecule has 2 amide bonds. The van der Waals surface area contributed by atoms with Crippen LogP contribution in [0.4, 0.5) is 9.18 Å². The number of aromatic hydroxyl groups is 1. The molecule has 2 aromatic rings. The lowest BCUT2D eigenvalue weighted by Crippen LogP contribution is -2.41. The Hall–Kier alpha value is -3.51. The van der Waals surface area contributed by atoms with E-state index in [1.807, 2.05) is 0 Å². The second-order valence-corrected chi connectivity index (χ2v) is 10.6. The Bertz CT molecular complexity index is 1180.